The standard InChI is InChI=1S/C9H13NO/c10-7-8-5-3-1-2-4-6-9(8)11/h1-2,8-9,11H,3-6H2/b2-1-/t8-,9+/m1/s1. The number of aliphatic hydroxyl groups is 1. The van der Waals surface area contributed by atoms with Gasteiger partial charge in [0.05, 0.1) is 18.1 Å². The maximum absolute atomic E-state index is 9.42. The third kappa shape index (κ3) is 2.36. The van der Waals surface area contributed by atoms with Crippen LogP contribution < -0.4 is 0 Å². The van der Waals surface area contributed by atoms with Crippen LogP contribution in [0.4, 0.5) is 0 Å². The van der Waals surface area contributed by atoms with Crippen LogP contribution in [0, 0.1) is 17.2 Å². The Labute approximate surface area is 67.2 Å². The molecule has 0 saturated heterocycles. The van der Waals surface area contributed by atoms with Crippen LogP contribution in [0.2, 0.25) is 0 Å². The molecule has 0 aromatic carbocycles. The highest BCUT2D eigenvalue weighted by molar-refractivity contribution is 4.95. The monoisotopic (exact) mass is 151 g/mol. The molecule has 1 rings (SSSR count). The number of aliphatic hydroxyl groups excluding tert-OH is 1. The molecule has 2 heteroatoms. The van der Waals surface area contributed by atoms with E-state index in [9.17, 15) is 5.11 Å². The summed E-state index contributed by atoms with van der Waals surface area (Å²) in [7, 11) is 0. The molecule has 0 aromatic rings. The van der Waals surface area contributed by atoms with E-state index in [1.165, 1.54) is 0 Å². The molecule has 1 aliphatic rings. The van der Waals surface area contributed by atoms with Crippen molar-refractivity contribution in [2.75, 3.05) is 0 Å². The smallest absolute Gasteiger partial charge is 0.0725 e. The van der Waals surface area contributed by atoms with Gasteiger partial charge in [0.1, 0.15) is 0 Å². The third-order valence-electron chi connectivity index (χ3n) is 2.07. The van der Waals surface area contributed by atoms with E-state index in [-0.39, 0.29) is 5.92 Å². The molecule has 2 atom stereocenters. The second-order valence-electron chi connectivity index (χ2n) is 2.93. The highest BCUT2D eigenvalue weighted by Crippen LogP contribution is 2.18. The number of nitrogens with zero attached hydrogens (tertiary/aromatic N) is 1. The highest BCUT2D eigenvalue weighted by Gasteiger charge is 2.17. The third-order valence-corrected chi connectivity index (χ3v) is 2.07. The Morgan fingerprint density at radius 2 is 1.91 bits per heavy atom. The van der Waals surface area contributed by atoms with Crippen molar-refractivity contribution in [3.63, 3.8) is 0 Å². The fraction of sp³-hybridized carbons (Fsp3) is 0.667. The summed E-state index contributed by atoms with van der Waals surface area (Å²) < 4.78 is 0. The van der Waals surface area contributed by atoms with Gasteiger partial charge in [0.25, 0.3) is 0 Å². The van der Waals surface area contributed by atoms with Crippen LogP contribution in [0.15, 0.2) is 12.2 Å². The number of hydrogen-bond acceptors (Lipinski definition) is 2. The van der Waals surface area contributed by atoms with Crippen LogP contribution in [0.3, 0.4) is 0 Å². The lowest BCUT2D eigenvalue weighted by atomic mass is 9.93. The number of allylic oxidation sites excluding steroid dienone is 2. The molecule has 2 nitrogen and oxygen atoms in total. The van der Waals surface area contributed by atoms with Crippen LogP contribution in [-0.2, 0) is 0 Å². The predicted molar refractivity (Wildman–Crippen MR) is 42.7 cm³/mol. The molecule has 0 radical (unpaired) electrons. The van der Waals surface area contributed by atoms with E-state index in [0.29, 0.717) is 0 Å². The zero-order valence-electron chi connectivity index (χ0n) is 6.53. The first-order chi connectivity index (χ1) is 5.34. The molecule has 1 N–H and O–H groups in total. The van der Waals surface area contributed by atoms with Crippen LogP contribution >= 0.6 is 0 Å². The summed E-state index contributed by atoms with van der Waals surface area (Å²) in [5.74, 6) is -0.153. The van der Waals surface area contributed by atoms with Crippen molar-refractivity contribution in [2.24, 2.45) is 5.92 Å². The molecule has 0 saturated carbocycles. The van der Waals surface area contributed by atoms with Crippen molar-refractivity contribution in [2.45, 2.75) is 31.8 Å². The average Bonchev–Trinajstić information content (AvgIpc) is 1.98. The minimum absolute atomic E-state index is 0.153. The van der Waals surface area contributed by atoms with Crippen molar-refractivity contribution in [3.05, 3.63) is 12.2 Å². The molecule has 0 fully saturated rings. The normalized spacial score (nSPS) is 34.9. The van der Waals surface area contributed by atoms with Crippen molar-refractivity contribution < 1.29 is 5.11 Å². The van der Waals surface area contributed by atoms with Gasteiger partial charge in [-0.3, -0.25) is 0 Å². The molecule has 0 unspecified atom stereocenters. The highest BCUT2D eigenvalue weighted by atomic mass is 16.3. The van der Waals surface area contributed by atoms with Crippen LogP contribution in [-0.4, -0.2) is 11.2 Å². The van der Waals surface area contributed by atoms with Gasteiger partial charge in [-0.15, -0.1) is 0 Å². The molecular formula is C9H13NO. The van der Waals surface area contributed by atoms with E-state index in [1.807, 2.05) is 0 Å². The average molecular weight is 151 g/mol. The summed E-state index contributed by atoms with van der Waals surface area (Å²) in [4.78, 5) is 0. The summed E-state index contributed by atoms with van der Waals surface area (Å²) in [6.45, 7) is 0. The summed E-state index contributed by atoms with van der Waals surface area (Å²) in [5, 5.41) is 18.1. The first-order valence-electron chi connectivity index (χ1n) is 4.07. The summed E-state index contributed by atoms with van der Waals surface area (Å²) in [6, 6.07) is 2.14. The van der Waals surface area contributed by atoms with Gasteiger partial charge in [0.15, 0.2) is 0 Å². The Bertz CT molecular complexity index is 180. The fourth-order valence-electron chi connectivity index (χ4n) is 1.32. The van der Waals surface area contributed by atoms with Crippen LogP contribution in [0.5, 0.6) is 0 Å². The first-order valence-corrected chi connectivity index (χ1v) is 4.07. The quantitative estimate of drug-likeness (QED) is 0.534. The lowest BCUT2D eigenvalue weighted by molar-refractivity contribution is 0.120. The maximum atomic E-state index is 9.42. The van der Waals surface area contributed by atoms with E-state index in [4.69, 9.17) is 5.26 Å². The maximum Gasteiger partial charge on any atom is 0.0725 e. The Hall–Kier alpha value is -0.810. The zero-order valence-corrected chi connectivity index (χ0v) is 6.53. The molecule has 0 aromatic heterocycles. The van der Waals surface area contributed by atoms with Gasteiger partial charge in [-0.05, 0) is 25.7 Å². The SMILES string of the molecule is N#C[C@H]1CC/C=C\CC[C@@H]1O. The molecule has 11 heavy (non-hydrogen) atoms. The number of rotatable bonds is 0. The van der Waals surface area contributed by atoms with Gasteiger partial charge in [-0.1, -0.05) is 12.2 Å². The van der Waals surface area contributed by atoms with E-state index < -0.39 is 6.10 Å². The molecule has 0 aliphatic heterocycles. The van der Waals surface area contributed by atoms with Crippen molar-refractivity contribution in [3.8, 4) is 6.07 Å². The topological polar surface area (TPSA) is 44.0 Å². The van der Waals surface area contributed by atoms with E-state index in [2.05, 4.69) is 18.2 Å². The lowest BCUT2D eigenvalue weighted by Crippen LogP contribution is -2.19. The molecule has 0 heterocycles. The van der Waals surface area contributed by atoms with Crippen LogP contribution in [0.25, 0.3) is 0 Å². The number of hydrogen-bond donors (Lipinski definition) is 1. The minimum Gasteiger partial charge on any atom is -0.392 e. The largest absolute Gasteiger partial charge is 0.392 e. The second kappa shape index (κ2) is 4.15. The summed E-state index contributed by atoms with van der Waals surface area (Å²) in [5.41, 5.74) is 0. The van der Waals surface area contributed by atoms with Gasteiger partial charge >= 0.3 is 0 Å². The molecule has 0 spiro atoms. The first kappa shape index (κ1) is 8.29. The molecule has 0 amide bonds. The molecule has 1 aliphatic carbocycles. The molecule has 0 bridgehead atoms. The Morgan fingerprint density at radius 3 is 2.55 bits per heavy atom. The number of nitriles is 1. The zero-order chi connectivity index (χ0) is 8.10. The summed E-state index contributed by atoms with van der Waals surface area (Å²) >= 11 is 0. The molecular weight excluding hydrogens is 138 g/mol. The second-order valence-corrected chi connectivity index (χ2v) is 2.93. The Kier molecular flexibility index (Phi) is 3.13. The fourth-order valence-corrected chi connectivity index (χ4v) is 1.32. The van der Waals surface area contributed by atoms with Crippen molar-refractivity contribution in [1.29, 1.82) is 5.26 Å². The van der Waals surface area contributed by atoms with E-state index in [0.717, 1.165) is 25.7 Å². The van der Waals surface area contributed by atoms with E-state index >= 15 is 0 Å². The van der Waals surface area contributed by atoms with Gasteiger partial charge in [-0.25, -0.2) is 0 Å². The predicted octanol–water partition coefficient (Wildman–Crippen LogP) is 1.62. The van der Waals surface area contributed by atoms with Crippen molar-refractivity contribution in [1.82, 2.24) is 0 Å². The van der Waals surface area contributed by atoms with Gasteiger partial charge in [0, 0.05) is 0 Å². The summed E-state index contributed by atoms with van der Waals surface area (Å²) in [6.07, 6.45) is 7.12. The van der Waals surface area contributed by atoms with Gasteiger partial charge < -0.3 is 5.11 Å². The Morgan fingerprint density at radius 1 is 1.27 bits per heavy atom. The van der Waals surface area contributed by atoms with Gasteiger partial charge in [-0.2, -0.15) is 5.26 Å². The van der Waals surface area contributed by atoms with E-state index in [1.54, 1.807) is 0 Å². The molecule has 60 valence electrons. The van der Waals surface area contributed by atoms with Crippen molar-refractivity contribution >= 4 is 0 Å². The van der Waals surface area contributed by atoms with Crippen LogP contribution in [0.1, 0.15) is 25.7 Å². The van der Waals surface area contributed by atoms with Gasteiger partial charge in [0.2, 0.25) is 0 Å². The Balaban J connectivity index is 2.52. The minimum atomic E-state index is -0.412. The lowest BCUT2D eigenvalue weighted by Gasteiger charge is -2.16.